The summed E-state index contributed by atoms with van der Waals surface area (Å²) in [6.45, 7) is 9.23. The monoisotopic (exact) mass is 403 g/mol. The van der Waals surface area contributed by atoms with Gasteiger partial charge in [-0.15, -0.1) is 0 Å². The van der Waals surface area contributed by atoms with Gasteiger partial charge in [0.05, 0.1) is 0 Å². The molecule has 0 fully saturated rings. The van der Waals surface area contributed by atoms with Crippen LogP contribution in [-0.2, 0) is 10.8 Å². The highest BCUT2D eigenvalue weighted by atomic mass is 14.7. The van der Waals surface area contributed by atoms with Crippen molar-refractivity contribution in [2.75, 3.05) is 0 Å². The first-order valence-electron chi connectivity index (χ1n) is 11.0. The Bertz CT molecular complexity index is 1250. The number of H-pyrrole nitrogens is 1. The third-order valence-corrected chi connectivity index (χ3v) is 7.03. The van der Waals surface area contributed by atoms with Gasteiger partial charge in [0.15, 0.2) is 0 Å². The van der Waals surface area contributed by atoms with Gasteiger partial charge in [-0.05, 0) is 46.5 Å². The highest BCUT2D eigenvalue weighted by Crippen LogP contribution is 2.38. The third-order valence-electron chi connectivity index (χ3n) is 7.03. The molecule has 0 aliphatic heterocycles. The zero-order valence-corrected chi connectivity index (χ0v) is 18.7. The largest absolute Gasteiger partial charge is 0.355 e. The molecule has 1 nitrogen and oxygen atoms in total. The van der Waals surface area contributed by atoms with E-state index in [1.165, 1.54) is 44.1 Å². The van der Waals surface area contributed by atoms with Crippen molar-refractivity contribution in [1.29, 1.82) is 0 Å². The van der Waals surface area contributed by atoms with Gasteiger partial charge in [-0.25, -0.2) is 0 Å². The van der Waals surface area contributed by atoms with Crippen LogP contribution in [0, 0.1) is 0 Å². The Hall–Kier alpha value is -3.32. The number of rotatable bonds is 4. The first kappa shape index (κ1) is 19.6. The quantitative estimate of drug-likeness (QED) is 0.313. The minimum absolute atomic E-state index is 0.0556. The molecule has 0 aliphatic carbocycles. The smallest absolute Gasteiger partial charge is 0.0465 e. The van der Waals surface area contributed by atoms with Gasteiger partial charge >= 0.3 is 0 Å². The van der Waals surface area contributed by atoms with E-state index in [-0.39, 0.29) is 10.8 Å². The van der Waals surface area contributed by atoms with E-state index < -0.39 is 0 Å². The molecule has 0 amide bonds. The highest BCUT2D eigenvalue weighted by Gasteiger charge is 2.25. The summed E-state index contributed by atoms with van der Waals surface area (Å²) < 4.78 is 0. The number of aromatic amines is 1. The maximum absolute atomic E-state index is 3.61. The molecule has 154 valence electrons. The predicted octanol–water partition coefficient (Wildman–Crippen LogP) is 7.97. The summed E-state index contributed by atoms with van der Waals surface area (Å²) in [5.41, 5.74) is 7.61. The molecule has 0 bridgehead atoms. The molecule has 1 heteroatoms. The SMILES string of the molecule is CC(C)(c1ccccc1)c1ccc2[nH]c3ccc(C(C)(C)c4ccccc4)cc3c2c1. The normalized spacial score (nSPS) is 12.5. The van der Waals surface area contributed by atoms with Crippen molar-refractivity contribution in [3.8, 4) is 0 Å². The van der Waals surface area contributed by atoms with Gasteiger partial charge in [0.25, 0.3) is 0 Å². The van der Waals surface area contributed by atoms with Crippen LogP contribution in [-0.4, -0.2) is 4.98 Å². The fourth-order valence-corrected chi connectivity index (χ4v) is 4.72. The molecule has 31 heavy (non-hydrogen) atoms. The molecule has 0 spiro atoms. The Morgan fingerprint density at radius 2 is 0.839 bits per heavy atom. The molecule has 5 rings (SSSR count). The van der Waals surface area contributed by atoms with E-state index in [1.54, 1.807) is 0 Å². The van der Waals surface area contributed by atoms with Crippen LogP contribution in [0.2, 0.25) is 0 Å². The van der Waals surface area contributed by atoms with E-state index in [4.69, 9.17) is 0 Å². The highest BCUT2D eigenvalue weighted by molar-refractivity contribution is 6.07. The average Bonchev–Trinajstić information content (AvgIpc) is 3.17. The first-order chi connectivity index (χ1) is 14.9. The molecular weight excluding hydrogens is 374 g/mol. The molecule has 1 aromatic heterocycles. The molecule has 0 saturated carbocycles. The van der Waals surface area contributed by atoms with Crippen molar-refractivity contribution in [2.24, 2.45) is 0 Å². The van der Waals surface area contributed by atoms with E-state index in [0.29, 0.717) is 0 Å². The standard InChI is InChI=1S/C30H29N/c1-29(2,21-11-7-5-8-12-21)23-15-17-27-25(19-23)26-20-24(16-18-28(26)31-27)30(3,4)22-13-9-6-10-14-22/h5-20,31H,1-4H3. The molecule has 0 radical (unpaired) electrons. The summed E-state index contributed by atoms with van der Waals surface area (Å²) in [6.07, 6.45) is 0. The third kappa shape index (κ3) is 3.25. The summed E-state index contributed by atoms with van der Waals surface area (Å²) in [6, 6.07) is 35.3. The first-order valence-corrected chi connectivity index (χ1v) is 11.0. The Morgan fingerprint density at radius 3 is 1.23 bits per heavy atom. The predicted molar refractivity (Wildman–Crippen MR) is 133 cm³/mol. The lowest BCUT2D eigenvalue weighted by Crippen LogP contribution is -2.18. The molecule has 0 unspecified atom stereocenters. The molecule has 1 N–H and O–H groups in total. The van der Waals surface area contributed by atoms with E-state index in [0.717, 1.165) is 0 Å². The van der Waals surface area contributed by atoms with Crippen molar-refractivity contribution >= 4 is 21.8 Å². The van der Waals surface area contributed by atoms with Crippen LogP contribution in [0.3, 0.4) is 0 Å². The fourth-order valence-electron chi connectivity index (χ4n) is 4.72. The lowest BCUT2D eigenvalue weighted by atomic mass is 9.77. The second-order valence-electron chi connectivity index (χ2n) is 9.63. The van der Waals surface area contributed by atoms with Crippen molar-refractivity contribution < 1.29 is 0 Å². The van der Waals surface area contributed by atoms with Crippen molar-refractivity contribution in [3.63, 3.8) is 0 Å². The van der Waals surface area contributed by atoms with Crippen LogP contribution < -0.4 is 0 Å². The van der Waals surface area contributed by atoms with Gasteiger partial charge < -0.3 is 4.98 Å². The summed E-state index contributed by atoms with van der Waals surface area (Å²) >= 11 is 0. The lowest BCUT2D eigenvalue weighted by Gasteiger charge is -2.27. The van der Waals surface area contributed by atoms with Crippen molar-refractivity contribution in [3.05, 3.63) is 119 Å². The number of fused-ring (bicyclic) bond motifs is 3. The second-order valence-corrected chi connectivity index (χ2v) is 9.63. The number of nitrogens with one attached hydrogen (secondary N) is 1. The van der Waals surface area contributed by atoms with E-state index in [2.05, 4.69) is 130 Å². The number of hydrogen-bond acceptors (Lipinski definition) is 0. The summed E-state index contributed by atoms with van der Waals surface area (Å²) in [4.78, 5) is 3.61. The van der Waals surface area contributed by atoms with Gasteiger partial charge in [0.1, 0.15) is 0 Å². The zero-order valence-electron chi connectivity index (χ0n) is 18.7. The Morgan fingerprint density at radius 1 is 0.452 bits per heavy atom. The summed E-state index contributed by atoms with van der Waals surface area (Å²) in [5, 5.41) is 2.59. The maximum Gasteiger partial charge on any atom is 0.0465 e. The van der Waals surface area contributed by atoms with Crippen LogP contribution in [0.25, 0.3) is 21.8 Å². The van der Waals surface area contributed by atoms with Crippen molar-refractivity contribution in [1.82, 2.24) is 4.98 Å². The maximum atomic E-state index is 3.61. The average molecular weight is 404 g/mol. The minimum Gasteiger partial charge on any atom is -0.355 e. The fraction of sp³-hybridized carbons (Fsp3) is 0.200. The van der Waals surface area contributed by atoms with Gasteiger partial charge in [-0.3, -0.25) is 0 Å². The van der Waals surface area contributed by atoms with E-state index in [9.17, 15) is 0 Å². The van der Waals surface area contributed by atoms with E-state index >= 15 is 0 Å². The molecule has 1 heterocycles. The number of benzene rings is 4. The van der Waals surface area contributed by atoms with Gasteiger partial charge in [0, 0.05) is 32.6 Å². The summed E-state index contributed by atoms with van der Waals surface area (Å²) in [5.74, 6) is 0. The van der Waals surface area contributed by atoms with Gasteiger partial charge in [-0.2, -0.15) is 0 Å². The zero-order chi connectivity index (χ0) is 21.6. The van der Waals surface area contributed by atoms with Crippen LogP contribution in [0.1, 0.15) is 49.9 Å². The van der Waals surface area contributed by atoms with Crippen LogP contribution >= 0.6 is 0 Å². The second kappa shape index (κ2) is 7.13. The van der Waals surface area contributed by atoms with Gasteiger partial charge in [0.2, 0.25) is 0 Å². The van der Waals surface area contributed by atoms with Gasteiger partial charge in [-0.1, -0.05) is 100 Å². The number of hydrogen-bond donors (Lipinski definition) is 1. The molecule has 0 saturated heterocycles. The molecule has 4 aromatic carbocycles. The number of aromatic nitrogens is 1. The Kier molecular flexibility index (Phi) is 4.51. The van der Waals surface area contributed by atoms with Crippen LogP contribution in [0.4, 0.5) is 0 Å². The van der Waals surface area contributed by atoms with Crippen LogP contribution in [0.15, 0.2) is 97.1 Å². The Labute approximate surface area is 184 Å². The van der Waals surface area contributed by atoms with Crippen LogP contribution in [0.5, 0.6) is 0 Å². The molecular formula is C30H29N. The minimum atomic E-state index is -0.0556. The lowest BCUT2D eigenvalue weighted by molar-refractivity contribution is 0.641. The van der Waals surface area contributed by atoms with Crippen molar-refractivity contribution in [2.45, 2.75) is 38.5 Å². The molecule has 5 aromatic rings. The topological polar surface area (TPSA) is 15.8 Å². The Balaban J connectivity index is 1.66. The van der Waals surface area contributed by atoms with E-state index in [1.807, 2.05) is 0 Å². The molecule has 0 atom stereocenters. The molecule has 0 aliphatic rings. The summed E-state index contributed by atoms with van der Waals surface area (Å²) in [7, 11) is 0.